The second-order valence-electron chi connectivity index (χ2n) is 8.87. The molecule has 0 saturated heterocycles. The molecular weight excluding hydrogens is 424 g/mol. The molecule has 6 heteroatoms. The van der Waals surface area contributed by atoms with Crippen LogP contribution in [0.15, 0.2) is 59.4 Å². The lowest BCUT2D eigenvalue weighted by Crippen LogP contribution is -2.27. The van der Waals surface area contributed by atoms with Crippen LogP contribution in [0.25, 0.3) is 32.9 Å². The van der Waals surface area contributed by atoms with E-state index in [1.807, 2.05) is 68.8 Å². The molecule has 1 aromatic heterocycles. The Morgan fingerprint density at radius 2 is 1.72 bits per heavy atom. The van der Waals surface area contributed by atoms with E-state index in [-0.39, 0.29) is 11.3 Å². The van der Waals surface area contributed by atoms with Gasteiger partial charge >= 0.3 is 0 Å². The molecule has 164 valence electrons. The van der Waals surface area contributed by atoms with E-state index < -0.39 is 5.41 Å². The highest BCUT2D eigenvalue weighted by molar-refractivity contribution is 6.31. The van der Waals surface area contributed by atoms with Gasteiger partial charge in [-0.15, -0.1) is 0 Å². The van der Waals surface area contributed by atoms with Gasteiger partial charge in [0.05, 0.1) is 23.5 Å². The number of halogens is 1. The second-order valence-corrected chi connectivity index (χ2v) is 9.30. The van der Waals surface area contributed by atoms with Crippen molar-refractivity contribution in [2.45, 2.75) is 20.8 Å². The number of nitrogens with zero attached hydrogens (tertiary/aromatic N) is 1. The molecule has 0 aliphatic heterocycles. The number of amides is 1. The number of carbonyl (C=O) groups excluding carboxylic acids is 1. The summed E-state index contributed by atoms with van der Waals surface area (Å²) in [5, 5.41) is 4.67. The van der Waals surface area contributed by atoms with Gasteiger partial charge in [-0.3, -0.25) is 9.59 Å². The van der Waals surface area contributed by atoms with Gasteiger partial charge in [-0.05, 0) is 36.4 Å². The Kier molecular flexibility index (Phi) is 5.47. The molecule has 0 aliphatic carbocycles. The van der Waals surface area contributed by atoms with Crippen LogP contribution in [0.1, 0.15) is 20.8 Å². The van der Waals surface area contributed by atoms with Crippen molar-refractivity contribution in [1.82, 2.24) is 4.57 Å². The molecule has 0 fully saturated rings. The molecule has 0 unspecified atom stereocenters. The summed E-state index contributed by atoms with van der Waals surface area (Å²) in [6, 6.07) is 16.4. The number of nitrogens with one attached hydrogen (secondary N) is 1. The fraction of sp³-hybridized carbons (Fsp3) is 0.231. The van der Waals surface area contributed by atoms with Gasteiger partial charge in [0.25, 0.3) is 0 Å². The zero-order chi connectivity index (χ0) is 23.2. The van der Waals surface area contributed by atoms with Gasteiger partial charge < -0.3 is 14.6 Å². The van der Waals surface area contributed by atoms with Crippen molar-refractivity contribution < 1.29 is 9.53 Å². The van der Waals surface area contributed by atoms with E-state index in [9.17, 15) is 9.59 Å². The summed E-state index contributed by atoms with van der Waals surface area (Å²) in [5.41, 5.74) is 2.79. The monoisotopic (exact) mass is 448 g/mol. The fourth-order valence-electron chi connectivity index (χ4n) is 3.82. The Bertz CT molecular complexity index is 1430. The minimum absolute atomic E-state index is 0.0839. The Labute approximate surface area is 191 Å². The molecule has 0 spiro atoms. The minimum Gasteiger partial charge on any atom is -0.497 e. The van der Waals surface area contributed by atoms with Crippen LogP contribution in [0.4, 0.5) is 5.69 Å². The van der Waals surface area contributed by atoms with E-state index in [0.29, 0.717) is 38.4 Å². The van der Waals surface area contributed by atoms with E-state index in [1.165, 1.54) is 0 Å². The van der Waals surface area contributed by atoms with E-state index >= 15 is 0 Å². The summed E-state index contributed by atoms with van der Waals surface area (Å²) in [4.78, 5) is 26.4. The number of aryl methyl sites for hydroxylation is 1. The normalized spacial score (nSPS) is 11.7. The molecule has 0 bridgehead atoms. The number of hydrogen-bond acceptors (Lipinski definition) is 3. The third-order valence-corrected chi connectivity index (χ3v) is 5.86. The van der Waals surface area contributed by atoms with Gasteiger partial charge in [-0.2, -0.15) is 0 Å². The molecule has 32 heavy (non-hydrogen) atoms. The van der Waals surface area contributed by atoms with Crippen LogP contribution in [0, 0.1) is 5.41 Å². The molecule has 0 atom stereocenters. The topological polar surface area (TPSA) is 60.3 Å². The molecule has 4 rings (SSSR count). The van der Waals surface area contributed by atoms with E-state index in [0.717, 1.165) is 11.0 Å². The predicted molar refractivity (Wildman–Crippen MR) is 132 cm³/mol. The largest absolute Gasteiger partial charge is 0.497 e. The first-order chi connectivity index (χ1) is 15.1. The standard InChI is InChI=1S/C26H25ClN2O3/c1-26(2,3)25(31)28-20-11-10-15(27)12-18(20)19-13-16(32-5)14-22-23(19)24(30)17-8-6-7-9-21(17)29(22)4/h6-14H,1-5H3,(H,28,31). The minimum atomic E-state index is -0.584. The van der Waals surface area contributed by atoms with E-state index in [2.05, 4.69) is 5.32 Å². The van der Waals surface area contributed by atoms with Gasteiger partial charge in [-0.1, -0.05) is 44.5 Å². The number of hydrogen-bond donors (Lipinski definition) is 1. The van der Waals surface area contributed by atoms with Gasteiger partial charge in [0.2, 0.25) is 5.91 Å². The summed E-state index contributed by atoms with van der Waals surface area (Å²) in [7, 11) is 3.51. The van der Waals surface area contributed by atoms with Crippen molar-refractivity contribution in [3.05, 3.63) is 69.8 Å². The summed E-state index contributed by atoms with van der Waals surface area (Å²) in [6.07, 6.45) is 0. The van der Waals surface area contributed by atoms with Gasteiger partial charge in [0.1, 0.15) is 5.75 Å². The predicted octanol–water partition coefficient (Wildman–Crippen LogP) is 6.01. The summed E-state index contributed by atoms with van der Waals surface area (Å²) in [5.74, 6) is 0.470. The number of anilines is 1. The Morgan fingerprint density at radius 1 is 1.00 bits per heavy atom. The SMILES string of the molecule is COc1cc(-c2cc(Cl)ccc2NC(=O)C(C)(C)C)c2c(=O)c3ccccc3n(C)c2c1. The van der Waals surface area contributed by atoms with Crippen molar-refractivity contribution >= 4 is 45.0 Å². The number of pyridine rings is 1. The number of benzene rings is 3. The number of methoxy groups -OCH3 is 1. The average molecular weight is 449 g/mol. The lowest BCUT2D eigenvalue weighted by Gasteiger charge is -2.21. The molecule has 0 radical (unpaired) electrons. The van der Waals surface area contributed by atoms with Crippen LogP contribution in [-0.4, -0.2) is 17.6 Å². The van der Waals surface area contributed by atoms with Crippen molar-refractivity contribution in [2.75, 3.05) is 12.4 Å². The smallest absolute Gasteiger partial charge is 0.229 e. The first-order valence-electron chi connectivity index (χ1n) is 10.3. The van der Waals surface area contributed by atoms with Crippen molar-refractivity contribution in [3.63, 3.8) is 0 Å². The number of para-hydroxylation sites is 1. The van der Waals surface area contributed by atoms with Crippen LogP contribution in [0.5, 0.6) is 5.75 Å². The van der Waals surface area contributed by atoms with E-state index in [4.69, 9.17) is 16.3 Å². The van der Waals surface area contributed by atoms with Crippen LogP contribution in [0.2, 0.25) is 5.02 Å². The maximum absolute atomic E-state index is 13.6. The molecule has 5 nitrogen and oxygen atoms in total. The Morgan fingerprint density at radius 3 is 2.41 bits per heavy atom. The van der Waals surface area contributed by atoms with Gasteiger partial charge in [-0.25, -0.2) is 0 Å². The first kappa shape index (κ1) is 21.9. The summed E-state index contributed by atoms with van der Waals surface area (Å²) < 4.78 is 7.54. The van der Waals surface area contributed by atoms with Crippen LogP contribution >= 0.6 is 11.6 Å². The molecule has 3 aromatic carbocycles. The number of aromatic nitrogens is 1. The highest BCUT2D eigenvalue weighted by Gasteiger charge is 2.24. The highest BCUT2D eigenvalue weighted by Crippen LogP contribution is 2.38. The molecule has 1 heterocycles. The van der Waals surface area contributed by atoms with Crippen molar-refractivity contribution in [1.29, 1.82) is 0 Å². The summed E-state index contributed by atoms with van der Waals surface area (Å²) >= 11 is 6.36. The maximum atomic E-state index is 13.6. The number of carbonyl (C=O) groups is 1. The zero-order valence-electron chi connectivity index (χ0n) is 18.7. The van der Waals surface area contributed by atoms with Crippen molar-refractivity contribution in [3.8, 4) is 16.9 Å². The van der Waals surface area contributed by atoms with Crippen LogP contribution in [-0.2, 0) is 11.8 Å². The van der Waals surface area contributed by atoms with Crippen LogP contribution in [0.3, 0.4) is 0 Å². The third kappa shape index (κ3) is 3.73. The number of rotatable bonds is 3. The second kappa shape index (κ2) is 7.99. The Balaban J connectivity index is 2.11. The quantitative estimate of drug-likeness (QED) is 0.391. The third-order valence-electron chi connectivity index (χ3n) is 5.63. The zero-order valence-corrected chi connectivity index (χ0v) is 19.5. The van der Waals surface area contributed by atoms with Crippen molar-refractivity contribution in [2.24, 2.45) is 12.5 Å². The molecule has 1 amide bonds. The highest BCUT2D eigenvalue weighted by atomic mass is 35.5. The molecule has 1 N–H and O–H groups in total. The molecule has 0 saturated carbocycles. The molecule has 0 aliphatic rings. The average Bonchev–Trinajstić information content (AvgIpc) is 2.77. The lowest BCUT2D eigenvalue weighted by molar-refractivity contribution is -0.123. The lowest BCUT2D eigenvalue weighted by atomic mass is 9.94. The van der Waals surface area contributed by atoms with Gasteiger partial charge in [0.15, 0.2) is 5.43 Å². The maximum Gasteiger partial charge on any atom is 0.229 e. The first-order valence-corrected chi connectivity index (χ1v) is 10.7. The molecule has 4 aromatic rings. The number of fused-ring (bicyclic) bond motifs is 2. The van der Waals surface area contributed by atoms with Crippen LogP contribution < -0.4 is 15.5 Å². The summed E-state index contributed by atoms with van der Waals surface area (Å²) in [6.45, 7) is 5.54. The fourth-order valence-corrected chi connectivity index (χ4v) is 3.99. The Hall–Kier alpha value is -3.31. The van der Waals surface area contributed by atoms with Gasteiger partial charge in [0, 0.05) is 45.8 Å². The van der Waals surface area contributed by atoms with E-state index in [1.54, 1.807) is 25.3 Å². The molecular formula is C26H25ClN2O3. The number of ether oxygens (including phenoxy) is 1.